The molecule has 0 aliphatic rings. The third-order valence-corrected chi connectivity index (χ3v) is 4.74. The van der Waals surface area contributed by atoms with E-state index in [9.17, 15) is 0 Å². The monoisotopic (exact) mass is 282 g/mol. The summed E-state index contributed by atoms with van der Waals surface area (Å²) in [4.78, 5) is 5.97. The lowest BCUT2D eigenvalue weighted by molar-refractivity contribution is 0.943. The third kappa shape index (κ3) is 2.60. The standard InChI is InChI=1S/C17H18N2S/c1-12-16(20-17(19-12)9-10-18)11-14-7-4-6-13-5-2-3-8-15(13)14/h2-8H,9-11,18H2,1H3. The largest absolute Gasteiger partial charge is 0.330 e. The number of hydrogen-bond donors (Lipinski definition) is 1. The fraction of sp³-hybridized carbons (Fsp3) is 0.235. The molecule has 1 heterocycles. The van der Waals surface area contributed by atoms with Gasteiger partial charge in [-0.25, -0.2) is 4.98 Å². The Morgan fingerprint density at radius 3 is 2.75 bits per heavy atom. The average Bonchev–Trinajstić information content (AvgIpc) is 2.80. The molecule has 0 unspecified atom stereocenters. The summed E-state index contributed by atoms with van der Waals surface area (Å²) < 4.78 is 0. The van der Waals surface area contributed by atoms with Crippen LogP contribution in [-0.2, 0) is 12.8 Å². The molecule has 0 fully saturated rings. The highest BCUT2D eigenvalue weighted by Gasteiger charge is 2.09. The van der Waals surface area contributed by atoms with Crippen molar-refractivity contribution in [2.75, 3.05) is 6.54 Å². The Balaban J connectivity index is 1.97. The Hall–Kier alpha value is -1.71. The van der Waals surface area contributed by atoms with E-state index in [1.165, 1.54) is 21.2 Å². The second-order valence-corrected chi connectivity index (χ2v) is 6.14. The molecule has 2 nitrogen and oxygen atoms in total. The lowest BCUT2D eigenvalue weighted by atomic mass is 10.0. The summed E-state index contributed by atoms with van der Waals surface area (Å²) in [6, 6.07) is 15.1. The molecule has 3 aromatic rings. The molecule has 0 saturated carbocycles. The van der Waals surface area contributed by atoms with Crippen molar-refractivity contribution >= 4 is 22.1 Å². The maximum Gasteiger partial charge on any atom is 0.0943 e. The van der Waals surface area contributed by atoms with E-state index in [1.807, 2.05) is 0 Å². The van der Waals surface area contributed by atoms with Crippen LogP contribution in [0.25, 0.3) is 10.8 Å². The highest BCUT2D eigenvalue weighted by molar-refractivity contribution is 7.11. The molecule has 0 saturated heterocycles. The molecular formula is C17H18N2S. The topological polar surface area (TPSA) is 38.9 Å². The SMILES string of the molecule is Cc1nc(CCN)sc1Cc1cccc2ccccc12. The van der Waals surface area contributed by atoms with Crippen molar-refractivity contribution in [1.29, 1.82) is 0 Å². The molecule has 20 heavy (non-hydrogen) atoms. The summed E-state index contributed by atoms with van der Waals surface area (Å²) >= 11 is 1.80. The number of hydrogen-bond acceptors (Lipinski definition) is 3. The lowest BCUT2D eigenvalue weighted by Crippen LogP contribution is -2.01. The summed E-state index contributed by atoms with van der Waals surface area (Å²) in [7, 11) is 0. The number of rotatable bonds is 4. The van der Waals surface area contributed by atoms with Crippen LogP contribution in [0, 0.1) is 6.92 Å². The maximum atomic E-state index is 5.61. The predicted molar refractivity (Wildman–Crippen MR) is 86.4 cm³/mol. The first kappa shape index (κ1) is 13.3. The molecule has 0 bridgehead atoms. The Labute approximate surface area is 123 Å². The van der Waals surface area contributed by atoms with E-state index in [1.54, 1.807) is 11.3 Å². The Bertz CT molecular complexity index is 725. The van der Waals surface area contributed by atoms with E-state index in [0.717, 1.165) is 23.5 Å². The molecule has 2 N–H and O–H groups in total. The number of nitrogens with two attached hydrogens (primary N) is 1. The van der Waals surface area contributed by atoms with Crippen LogP contribution in [0.1, 0.15) is 21.1 Å². The number of nitrogens with zero attached hydrogens (tertiary/aromatic N) is 1. The third-order valence-electron chi connectivity index (χ3n) is 3.53. The molecule has 3 rings (SSSR count). The van der Waals surface area contributed by atoms with Gasteiger partial charge in [0.05, 0.1) is 10.7 Å². The van der Waals surface area contributed by atoms with Crippen molar-refractivity contribution in [3.63, 3.8) is 0 Å². The summed E-state index contributed by atoms with van der Waals surface area (Å²) in [6.45, 7) is 2.76. The fourth-order valence-corrected chi connectivity index (χ4v) is 3.61. The van der Waals surface area contributed by atoms with Gasteiger partial charge in [-0.2, -0.15) is 0 Å². The van der Waals surface area contributed by atoms with Gasteiger partial charge in [-0.05, 0) is 29.8 Å². The van der Waals surface area contributed by atoms with Crippen LogP contribution in [0.2, 0.25) is 0 Å². The number of aryl methyl sites for hydroxylation is 1. The van der Waals surface area contributed by atoms with E-state index in [4.69, 9.17) is 5.73 Å². The highest BCUT2D eigenvalue weighted by Crippen LogP contribution is 2.26. The van der Waals surface area contributed by atoms with Crippen molar-refractivity contribution < 1.29 is 0 Å². The summed E-state index contributed by atoms with van der Waals surface area (Å²) in [5, 5.41) is 3.79. The van der Waals surface area contributed by atoms with Crippen LogP contribution in [0.4, 0.5) is 0 Å². The summed E-state index contributed by atoms with van der Waals surface area (Å²) in [5.41, 5.74) is 8.13. The molecular weight excluding hydrogens is 264 g/mol. The van der Waals surface area contributed by atoms with Gasteiger partial charge in [-0.3, -0.25) is 0 Å². The van der Waals surface area contributed by atoms with Crippen LogP contribution in [-0.4, -0.2) is 11.5 Å². The van der Waals surface area contributed by atoms with Gasteiger partial charge in [0.25, 0.3) is 0 Å². The van der Waals surface area contributed by atoms with Crippen molar-refractivity contribution in [2.24, 2.45) is 5.73 Å². The zero-order valence-corrected chi connectivity index (χ0v) is 12.4. The van der Waals surface area contributed by atoms with Crippen molar-refractivity contribution in [3.8, 4) is 0 Å². The van der Waals surface area contributed by atoms with Crippen molar-refractivity contribution in [2.45, 2.75) is 19.8 Å². The number of benzene rings is 2. The minimum Gasteiger partial charge on any atom is -0.330 e. The minimum absolute atomic E-state index is 0.667. The predicted octanol–water partition coefficient (Wildman–Crippen LogP) is 3.70. The number of thiazole rings is 1. The molecule has 0 radical (unpaired) electrons. The van der Waals surface area contributed by atoms with E-state index < -0.39 is 0 Å². The first-order valence-corrected chi connectivity index (χ1v) is 7.71. The first-order chi connectivity index (χ1) is 9.78. The molecule has 0 aliphatic carbocycles. The average molecular weight is 282 g/mol. The lowest BCUT2D eigenvalue weighted by Gasteiger charge is -2.05. The molecule has 0 amide bonds. The molecule has 0 aliphatic heterocycles. The van der Waals surface area contributed by atoms with Crippen LogP contribution in [0.15, 0.2) is 42.5 Å². The van der Waals surface area contributed by atoms with Crippen LogP contribution < -0.4 is 5.73 Å². The smallest absolute Gasteiger partial charge is 0.0943 e. The van der Waals surface area contributed by atoms with Gasteiger partial charge >= 0.3 is 0 Å². The van der Waals surface area contributed by atoms with Crippen LogP contribution in [0.3, 0.4) is 0 Å². The molecule has 0 spiro atoms. The zero-order chi connectivity index (χ0) is 13.9. The maximum absolute atomic E-state index is 5.61. The Morgan fingerprint density at radius 2 is 1.90 bits per heavy atom. The number of fused-ring (bicyclic) bond motifs is 1. The van der Waals surface area contributed by atoms with E-state index in [2.05, 4.69) is 54.4 Å². The van der Waals surface area contributed by atoms with Gasteiger partial charge in [-0.1, -0.05) is 42.5 Å². The Morgan fingerprint density at radius 1 is 1.10 bits per heavy atom. The number of aromatic nitrogens is 1. The zero-order valence-electron chi connectivity index (χ0n) is 11.6. The Kier molecular flexibility index (Phi) is 3.81. The normalized spacial score (nSPS) is 11.1. The van der Waals surface area contributed by atoms with Crippen LogP contribution >= 0.6 is 11.3 Å². The van der Waals surface area contributed by atoms with Gasteiger partial charge in [-0.15, -0.1) is 11.3 Å². The van der Waals surface area contributed by atoms with Gasteiger partial charge in [0.1, 0.15) is 0 Å². The van der Waals surface area contributed by atoms with Gasteiger partial charge in [0, 0.05) is 17.7 Å². The quantitative estimate of drug-likeness (QED) is 0.792. The molecule has 3 heteroatoms. The van der Waals surface area contributed by atoms with Gasteiger partial charge in [0.15, 0.2) is 0 Å². The minimum atomic E-state index is 0.667. The van der Waals surface area contributed by atoms with Gasteiger partial charge < -0.3 is 5.73 Å². The second kappa shape index (κ2) is 5.73. The highest BCUT2D eigenvalue weighted by atomic mass is 32.1. The van der Waals surface area contributed by atoms with E-state index in [-0.39, 0.29) is 0 Å². The van der Waals surface area contributed by atoms with Gasteiger partial charge in [0.2, 0.25) is 0 Å². The molecule has 1 aromatic heterocycles. The van der Waals surface area contributed by atoms with E-state index in [0.29, 0.717) is 6.54 Å². The first-order valence-electron chi connectivity index (χ1n) is 6.90. The van der Waals surface area contributed by atoms with Crippen LogP contribution in [0.5, 0.6) is 0 Å². The molecule has 102 valence electrons. The molecule has 2 aromatic carbocycles. The van der Waals surface area contributed by atoms with Crippen molar-refractivity contribution in [1.82, 2.24) is 4.98 Å². The summed E-state index contributed by atoms with van der Waals surface area (Å²) in [6.07, 6.45) is 1.83. The fourth-order valence-electron chi connectivity index (χ4n) is 2.50. The van der Waals surface area contributed by atoms with E-state index >= 15 is 0 Å². The van der Waals surface area contributed by atoms with Crippen molar-refractivity contribution in [3.05, 3.63) is 63.6 Å². The summed E-state index contributed by atoms with van der Waals surface area (Å²) in [5.74, 6) is 0. The second-order valence-electron chi connectivity index (χ2n) is 4.97. The molecule has 0 atom stereocenters.